The third-order valence-electron chi connectivity index (χ3n) is 3.56. The number of rotatable bonds is 5. The highest BCUT2D eigenvalue weighted by atomic mass is 16.3. The largest absolute Gasteiger partial charge is 0.494 e. The van der Waals surface area contributed by atoms with Gasteiger partial charge in [-0.05, 0) is 45.0 Å². The second-order valence-electron chi connectivity index (χ2n) is 5.02. The Morgan fingerprint density at radius 2 is 1.74 bits per heavy atom. The molecule has 0 unspecified atom stereocenters. The molecule has 3 N–H and O–H groups in total. The predicted molar refractivity (Wildman–Crippen MR) is 91.2 cm³/mol. The Morgan fingerprint density at radius 1 is 1.13 bits per heavy atom. The normalized spacial score (nSPS) is 11.5. The van der Waals surface area contributed by atoms with Gasteiger partial charge >= 0.3 is 5.69 Å². The van der Waals surface area contributed by atoms with Crippen LogP contribution in [0, 0.1) is 0 Å². The molecule has 2 rings (SSSR count). The molecule has 0 radical (unpaired) electrons. The van der Waals surface area contributed by atoms with Gasteiger partial charge in [0, 0.05) is 18.8 Å². The molecule has 1 heterocycles. The molecule has 0 saturated heterocycles. The van der Waals surface area contributed by atoms with E-state index in [2.05, 4.69) is 33.7 Å². The average molecular weight is 316 g/mol. The lowest BCUT2D eigenvalue weighted by Gasteiger charge is -2.20. The van der Waals surface area contributed by atoms with E-state index in [9.17, 15) is 14.7 Å². The molecule has 0 fully saturated rings. The molecule has 1 aromatic heterocycles. The van der Waals surface area contributed by atoms with Crippen LogP contribution in [-0.2, 0) is 0 Å². The average Bonchev–Trinajstić information content (AvgIpc) is 2.49. The van der Waals surface area contributed by atoms with Crippen LogP contribution in [-0.4, -0.2) is 33.9 Å². The van der Waals surface area contributed by atoms with Crippen LogP contribution in [0.1, 0.15) is 26.3 Å². The summed E-state index contributed by atoms with van der Waals surface area (Å²) in [4.78, 5) is 33.6. The maximum absolute atomic E-state index is 11.8. The van der Waals surface area contributed by atoms with E-state index >= 15 is 0 Å². The lowest BCUT2D eigenvalue weighted by molar-refractivity contribution is 0.447. The quantitative estimate of drug-likeness (QED) is 0.731. The van der Waals surface area contributed by atoms with Gasteiger partial charge in [0.15, 0.2) is 0 Å². The predicted octanol–water partition coefficient (Wildman–Crippen LogP) is 1.76. The van der Waals surface area contributed by atoms with Crippen molar-refractivity contribution in [1.29, 1.82) is 0 Å². The summed E-state index contributed by atoms with van der Waals surface area (Å²) < 4.78 is 0. The summed E-state index contributed by atoms with van der Waals surface area (Å²) in [5.74, 6) is -0.486. The molecule has 0 amide bonds. The summed E-state index contributed by atoms with van der Waals surface area (Å²) in [7, 11) is 0. The Morgan fingerprint density at radius 3 is 2.26 bits per heavy atom. The van der Waals surface area contributed by atoms with Gasteiger partial charge in [-0.3, -0.25) is 19.8 Å². The van der Waals surface area contributed by atoms with E-state index < -0.39 is 17.1 Å². The zero-order valence-electron chi connectivity index (χ0n) is 13.4. The second-order valence-corrected chi connectivity index (χ2v) is 5.02. The summed E-state index contributed by atoms with van der Waals surface area (Å²) in [6, 6.07) is 7.59. The molecule has 0 atom stereocenters. The zero-order valence-corrected chi connectivity index (χ0v) is 13.4. The maximum Gasteiger partial charge on any atom is 0.328 e. The smallest absolute Gasteiger partial charge is 0.328 e. The molecule has 7 heteroatoms. The third-order valence-corrected chi connectivity index (χ3v) is 3.56. The summed E-state index contributed by atoms with van der Waals surface area (Å²) in [6.07, 6.45) is 0. The number of aromatic amines is 2. The first-order chi connectivity index (χ1) is 11.0. The minimum atomic E-state index is -0.757. The van der Waals surface area contributed by atoms with Crippen molar-refractivity contribution in [3.8, 4) is 5.88 Å². The number of nitrogens with one attached hydrogen (secondary N) is 2. The van der Waals surface area contributed by atoms with E-state index in [1.165, 1.54) is 0 Å². The molecular formula is C16H20N4O3. The first-order valence-electron chi connectivity index (χ1n) is 7.42. The molecule has 0 spiro atoms. The van der Waals surface area contributed by atoms with E-state index in [1.807, 2.05) is 24.3 Å². The molecule has 0 aliphatic carbocycles. The number of nitrogens with zero attached hydrogens (tertiary/aromatic N) is 2. The van der Waals surface area contributed by atoms with Crippen molar-refractivity contribution in [3.63, 3.8) is 0 Å². The Hall–Kier alpha value is -2.83. The Kier molecular flexibility index (Phi) is 5.00. The van der Waals surface area contributed by atoms with Crippen molar-refractivity contribution >= 4 is 17.1 Å². The highest BCUT2D eigenvalue weighted by molar-refractivity contribution is 6.01. The lowest BCUT2D eigenvalue weighted by atomic mass is 10.2. The highest BCUT2D eigenvalue weighted by Gasteiger charge is 2.12. The fourth-order valence-corrected chi connectivity index (χ4v) is 2.39. The SMILES string of the molecule is CCN(CC)c1ccc(N=C(C)c2c(O)[nH]c(=O)[nH]c2=O)cc1. The maximum atomic E-state index is 11.8. The standard InChI is InChI=1S/C16H20N4O3/c1-4-20(5-2)12-8-6-11(7-9-12)17-10(3)13-14(21)18-16(23)19-15(13)22/h6-9H,4-5H2,1-3H3,(H3,18,19,21,22,23). The van der Waals surface area contributed by atoms with Gasteiger partial charge in [-0.25, -0.2) is 4.79 Å². The molecule has 0 aliphatic heterocycles. The molecule has 0 aliphatic rings. The third kappa shape index (κ3) is 3.68. The van der Waals surface area contributed by atoms with E-state index in [0.29, 0.717) is 11.4 Å². The summed E-state index contributed by atoms with van der Waals surface area (Å²) in [6.45, 7) is 7.61. The topological polar surface area (TPSA) is 102 Å². The van der Waals surface area contributed by atoms with Gasteiger partial charge in [-0.1, -0.05) is 0 Å². The van der Waals surface area contributed by atoms with Crippen molar-refractivity contribution in [1.82, 2.24) is 9.97 Å². The molecule has 0 bridgehead atoms. The minimum absolute atomic E-state index is 0.0441. The van der Waals surface area contributed by atoms with Crippen LogP contribution in [0.3, 0.4) is 0 Å². The summed E-state index contributed by atoms with van der Waals surface area (Å²) in [5.41, 5.74) is 0.590. The van der Waals surface area contributed by atoms with Crippen molar-refractivity contribution in [2.75, 3.05) is 18.0 Å². The fourth-order valence-electron chi connectivity index (χ4n) is 2.39. The van der Waals surface area contributed by atoms with Crippen molar-refractivity contribution in [3.05, 3.63) is 50.7 Å². The van der Waals surface area contributed by atoms with E-state index in [-0.39, 0.29) is 5.56 Å². The second kappa shape index (κ2) is 6.95. The lowest BCUT2D eigenvalue weighted by Crippen LogP contribution is -2.27. The Bertz CT molecular complexity index is 814. The summed E-state index contributed by atoms with van der Waals surface area (Å²) >= 11 is 0. The van der Waals surface area contributed by atoms with E-state index in [0.717, 1.165) is 18.8 Å². The van der Waals surface area contributed by atoms with Crippen LogP contribution in [0.5, 0.6) is 5.88 Å². The number of hydrogen-bond donors (Lipinski definition) is 3. The monoisotopic (exact) mass is 316 g/mol. The van der Waals surface area contributed by atoms with Crippen LogP contribution in [0.2, 0.25) is 0 Å². The van der Waals surface area contributed by atoms with Crippen LogP contribution < -0.4 is 16.1 Å². The van der Waals surface area contributed by atoms with Crippen LogP contribution in [0.25, 0.3) is 0 Å². The summed E-state index contributed by atoms with van der Waals surface area (Å²) in [5, 5.41) is 9.74. The first-order valence-corrected chi connectivity index (χ1v) is 7.42. The van der Waals surface area contributed by atoms with Crippen LogP contribution in [0.15, 0.2) is 38.8 Å². The molecular weight excluding hydrogens is 296 g/mol. The van der Waals surface area contributed by atoms with Gasteiger partial charge in [-0.15, -0.1) is 0 Å². The van der Waals surface area contributed by atoms with Crippen LogP contribution in [0.4, 0.5) is 11.4 Å². The van der Waals surface area contributed by atoms with Crippen molar-refractivity contribution < 1.29 is 5.11 Å². The van der Waals surface area contributed by atoms with Gasteiger partial charge in [0.2, 0.25) is 5.88 Å². The first kappa shape index (κ1) is 16.5. The highest BCUT2D eigenvalue weighted by Crippen LogP contribution is 2.21. The molecule has 2 aromatic rings. The number of aliphatic imine (C=N–C) groups is 1. The minimum Gasteiger partial charge on any atom is -0.494 e. The molecule has 23 heavy (non-hydrogen) atoms. The number of aromatic nitrogens is 2. The van der Waals surface area contributed by atoms with Gasteiger partial charge in [0.25, 0.3) is 5.56 Å². The molecule has 7 nitrogen and oxygen atoms in total. The number of benzene rings is 1. The fraction of sp³-hybridized carbons (Fsp3) is 0.312. The molecule has 122 valence electrons. The van der Waals surface area contributed by atoms with Gasteiger partial charge in [0.1, 0.15) is 5.56 Å². The Labute approximate surface area is 133 Å². The number of aromatic hydroxyl groups is 1. The Balaban J connectivity index is 2.35. The van der Waals surface area contributed by atoms with Gasteiger partial charge < -0.3 is 10.0 Å². The van der Waals surface area contributed by atoms with Gasteiger partial charge in [-0.2, -0.15) is 0 Å². The number of anilines is 1. The van der Waals surface area contributed by atoms with Crippen molar-refractivity contribution in [2.24, 2.45) is 4.99 Å². The van der Waals surface area contributed by atoms with E-state index in [1.54, 1.807) is 6.92 Å². The van der Waals surface area contributed by atoms with E-state index in [4.69, 9.17) is 0 Å². The zero-order chi connectivity index (χ0) is 17.0. The van der Waals surface area contributed by atoms with Gasteiger partial charge in [0.05, 0.1) is 11.4 Å². The van der Waals surface area contributed by atoms with Crippen LogP contribution >= 0.6 is 0 Å². The van der Waals surface area contributed by atoms with Crippen molar-refractivity contribution in [2.45, 2.75) is 20.8 Å². The number of hydrogen-bond acceptors (Lipinski definition) is 5. The molecule has 1 aromatic carbocycles. The molecule has 0 saturated carbocycles. The number of H-pyrrole nitrogens is 2.